The number of hydrogen-bond acceptors (Lipinski definition) is 1. The molecule has 3 heteroatoms. The van der Waals surface area contributed by atoms with Crippen LogP contribution in [0.5, 0.6) is 0 Å². The highest BCUT2D eigenvalue weighted by Crippen LogP contribution is 2.16. The second-order valence-corrected chi connectivity index (χ2v) is 3.48. The zero-order valence-corrected chi connectivity index (χ0v) is 8.16. The van der Waals surface area contributed by atoms with Gasteiger partial charge in [0.15, 0.2) is 0 Å². The van der Waals surface area contributed by atoms with E-state index >= 15 is 0 Å². The molecule has 1 heterocycles. The average molecular weight is 201 g/mol. The minimum atomic E-state index is -0.943. The summed E-state index contributed by atoms with van der Waals surface area (Å²) >= 11 is 0. The van der Waals surface area contributed by atoms with Crippen LogP contribution in [-0.4, -0.2) is 16.1 Å². The molecule has 0 radical (unpaired) electrons. The summed E-state index contributed by atoms with van der Waals surface area (Å²) in [7, 11) is 0. The highest BCUT2D eigenvalue weighted by molar-refractivity contribution is 5.87. The van der Waals surface area contributed by atoms with E-state index in [0.29, 0.717) is 6.42 Å². The topological polar surface area (TPSA) is 53.1 Å². The number of hydrogen-bond donors (Lipinski definition) is 2. The third kappa shape index (κ3) is 1.91. The van der Waals surface area contributed by atoms with Crippen LogP contribution < -0.4 is 0 Å². The number of nitrogens with one attached hydrogen (secondary N) is 1. The second-order valence-electron chi connectivity index (χ2n) is 3.48. The van der Waals surface area contributed by atoms with Crippen LogP contribution >= 0.6 is 0 Å². The molecule has 2 rings (SSSR count). The van der Waals surface area contributed by atoms with E-state index in [1.165, 1.54) is 0 Å². The summed E-state index contributed by atoms with van der Waals surface area (Å²) in [6.07, 6.45) is 2.24. The number of aromatic amines is 1. The molecule has 2 N–H and O–H groups in total. The molecule has 0 aliphatic rings. The molecule has 0 atom stereocenters. The van der Waals surface area contributed by atoms with Crippen molar-refractivity contribution >= 4 is 16.9 Å². The summed E-state index contributed by atoms with van der Waals surface area (Å²) < 4.78 is 0. The van der Waals surface area contributed by atoms with Gasteiger partial charge in [-0.2, -0.15) is 0 Å². The molecule has 0 fully saturated rings. The van der Waals surface area contributed by atoms with Crippen LogP contribution in [0.3, 0.4) is 0 Å². The van der Waals surface area contributed by atoms with Crippen molar-refractivity contribution in [3.05, 3.63) is 48.2 Å². The molecule has 0 saturated heterocycles. The molecule has 0 aliphatic heterocycles. The highest BCUT2D eigenvalue weighted by atomic mass is 16.4. The first kappa shape index (κ1) is 9.52. The van der Waals surface area contributed by atoms with Crippen LogP contribution in [-0.2, 0) is 11.2 Å². The Morgan fingerprint density at radius 2 is 2.20 bits per heavy atom. The zero-order chi connectivity index (χ0) is 10.8. The first-order valence-electron chi connectivity index (χ1n) is 4.64. The first-order valence-corrected chi connectivity index (χ1v) is 4.64. The Balaban J connectivity index is 2.28. The van der Waals surface area contributed by atoms with Crippen LogP contribution in [0.15, 0.2) is 42.6 Å². The van der Waals surface area contributed by atoms with Gasteiger partial charge in [-0.1, -0.05) is 18.7 Å². The summed E-state index contributed by atoms with van der Waals surface area (Å²) in [5, 5.41) is 9.83. The third-order valence-corrected chi connectivity index (χ3v) is 2.34. The Bertz CT molecular complexity index is 525. The average Bonchev–Trinajstić information content (AvgIpc) is 2.64. The molecule has 1 aromatic carbocycles. The van der Waals surface area contributed by atoms with E-state index in [1.54, 1.807) is 0 Å². The van der Waals surface area contributed by atoms with Crippen molar-refractivity contribution in [2.24, 2.45) is 0 Å². The standard InChI is InChI=1S/C12H11NO2/c1-8(12(14)15)6-9-2-3-10-4-5-13-11(10)7-9/h2-5,7,13H,1,6H2,(H,14,15). The molecule has 76 valence electrons. The maximum atomic E-state index is 10.6. The summed E-state index contributed by atoms with van der Waals surface area (Å²) in [4.78, 5) is 13.7. The van der Waals surface area contributed by atoms with Gasteiger partial charge in [-0.25, -0.2) is 4.79 Å². The van der Waals surface area contributed by atoms with Crippen LogP contribution in [0, 0.1) is 0 Å². The number of carbonyl (C=O) groups is 1. The Kier molecular flexibility index (Phi) is 2.29. The molecule has 1 aromatic heterocycles. The Morgan fingerprint density at radius 1 is 1.40 bits per heavy atom. The quantitative estimate of drug-likeness (QED) is 0.749. The number of benzene rings is 1. The molecule has 2 aromatic rings. The number of carboxylic acids is 1. The number of rotatable bonds is 3. The fourth-order valence-corrected chi connectivity index (χ4v) is 1.53. The van der Waals surface area contributed by atoms with Gasteiger partial charge in [0.2, 0.25) is 0 Å². The van der Waals surface area contributed by atoms with E-state index in [9.17, 15) is 4.79 Å². The Labute approximate surface area is 87.0 Å². The Morgan fingerprint density at radius 3 is 2.93 bits per heavy atom. The predicted molar refractivity (Wildman–Crippen MR) is 58.8 cm³/mol. The number of aromatic nitrogens is 1. The summed E-state index contributed by atoms with van der Waals surface area (Å²) in [6, 6.07) is 7.81. The van der Waals surface area contributed by atoms with E-state index in [0.717, 1.165) is 16.5 Å². The zero-order valence-electron chi connectivity index (χ0n) is 8.16. The van der Waals surface area contributed by atoms with E-state index in [2.05, 4.69) is 11.6 Å². The van der Waals surface area contributed by atoms with Crippen molar-refractivity contribution < 1.29 is 9.90 Å². The largest absolute Gasteiger partial charge is 0.478 e. The van der Waals surface area contributed by atoms with Crippen molar-refractivity contribution in [1.82, 2.24) is 4.98 Å². The molecule has 3 nitrogen and oxygen atoms in total. The minimum absolute atomic E-state index is 0.209. The number of H-pyrrole nitrogens is 1. The van der Waals surface area contributed by atoms with Crippen LogP contribution in [0.2, 0.25) is 0 Å². The molecule has 0 saturated carbocycles. The SMILES string of the molecule is C=C(Cc1ccc2cc[nH]c2c1)C(=O)O. The lowest BCUT2D eigenvalue weighted by molar-refractivity contribution is -0.132. The van der Waals surface area contributed by atoms with Gasteiger partial charge in [0.05, 0.1) is 0 Å². The molecule has 0 amide bonds. The van der Waals surface area contributed by atoms with E-state index in [-0.39, 0.29) is 5.57 Å². The van der Waals surface area contributed by atoms with Gasteiger partial charge in [-0.05, 0) is 23.1 Å². The van der Waals surface area contributed by atoms with Crippen LogP contribution in [0.1, 0.15) is 5.56 Å². The van der Waals surface area contributed by atoms with Gasteiger partial charge in [-0.15, -0.1) is 0 Å². The van der Waals surface area contributed by atoms with Gasteiger partial charge in [0.25, 0.3) is 0 Å². The normalized spacial score (nSPS) is 10.4. The van der Waals surface area contributed by atoms with Crippen molar-refractivity contribution in [2.45, 2.75) is 6.42 Å². The molecular weight excluding hydrogens is 190 g/mol. The number of aliphatic carboxylic acids is 1. The maximum absolute atomic E-state index is 10.6. The molecule has 15 heavy (non-hydrogen) atoms. The van der Waals surface area contributed by atoms with Crippen molar-refractivity contribution in [3.8, 4) is 0 Å². The smallest absolute Gasteiger partial charge is 0.331 e. The van der Waals surface area contributed by atoms with Crippen molar-refractivity contribution in [3.63, 3.8) is 0 Å². The van der Waals surface area contributed by atoms with E-state index in [4.69, 9.17) is 5.11 Å². The van der Waals surface area contributed by atoms with E-state index < -0.39 is 5.97 Å². The van der Waals surface area contributed by atoms with E-state index in [1.807, 2.05) is 30.5 Å². The summed E-state index contributed by atoms with van der Waals surface area (Å²) in [5.41, 5.74) is 2.18. The summed E-state index contributed by atoms with van der Waals surface area (Å²) in [6.45, 7) is 3.51. The van der Waals surface area contributed by atoms with Gasteiger partial charge >= 0.3 is 5.97 Å². The summed E-state index contributed by atoms with van der Waals surface area (Å²) in [5.74, 6) is -0.943. The first-order chi connectivity index (χ1) is 7.16. The van der Waals surface area contributed by atoms with Crippen LogP contribution in [0.4, 0.5) is 0 Å². The number of fused-ring (bicyclic) bond motifs is 1. The fourth-order valence-electron chi connectivity index (χ4n) is 1.53. The Hall–Kier alpha value is -2.03. The van der Waals surface area contributed by atoms with Gasteiger partial charge in [0, 0.05) is 23.7 Å². The minimum Gasteiger partial charge on any atom is -0.478 e. The molecule has 0 bridgehead atoms. The number of carboxylic acid groups (broad SMARTS) is 1. The molecule has 0 aliphatic carbocycles. The lowest BCUT2D eigenvalue weighted by atomic mass is 10.1. The lowest BCUT2D eigenvalue weighted by Gasteiger charge is -2.01. The monoisotopic (exact) mass is 201 g/mol. The van der Waals surface area contributed by atoms with Gasteiger partial charge in [0.1, 0.15) is 0 Å². The maximum Gasteiger partial charge on any atom is 0.331 e. The lowest BCUT2D eigenvalue weighted by Crippen LogP contribution is -2.01. The third-order valence-electron chi connectivity index (χ3n) is 2.34. The molecule has 0 unspecified atom stereocenters. The fraction of sp³-hybridized carbons (Fsp3) is 0.0833. The van der Waals surface area contributed by atoms with Gasteiger partial charge < -0.3 is 10.1 Å². The highest BCUT2D eigenvalue weighted by Gasteiger charge is 2.05. The molecule has 0 spiro atoms. The van der Waals surface area contributed by atoms with Crippen molar-refractivity contribution in [2.75, 3.05) is 0 Å². The predicted octanol–water partition coefficient (Wildman–Crippen LogP) is 2.35. The van der Waals surface area contributed by atoms with Gasteiger partial charge in [-0.3, -0.25) is 0 Å². The second kappa shape index (κ2) is 3.61. The van der Waals surface area contributed by atoms with Crippen LogP contribution in [0.25, 0.3) is 10.9 Å². The molecular formula is C12H11NO2. The van der Waals surface area contributed by atoms with Crippen molar-refractivity contribution in [1.29, 1.82) is 0 Å².